The molecule has 10 heteroatoms. The molecule has 27 heavy (non-hydrogen) atoms. The van der Waals surface area contributed by atoms with Gasteiger partial charge in [-0.15, -0.1) is 0 Å². The topological polar surface area (TPSA) is 121 Å². The number of nitrogens with one attached hydrogen (secondary N) is 1. The zero-order valence-corrected chi connectivity index (χ0v) is 15.3. The number of aromatic nitrogens is 1. The summed E-state index contributed by atoms with van der Waals surface area (Å²) in [6.07, 6.45) is 3.02. The summed E-state index contributed by atoms with van der Waals surface area (Å²) in [5.74, 6) is 0.942. The van der Waals surface area contributed by atoms with E-state index < -0.39 is 10.0 Å². The number of primary sulfonamides is 1. The van der Waals surface area contributed by atoms with Crippen molar-refractivity contribution in [2.75, 3.05) is 12.1 Å². The molecule has 0 fully saturated rings. The third-order valence-electron chi connectivity index (χ3n) is 3.74. The third-order valence-corrected chi connectivity index (χ3v) is 5.59. The highest BCUT2D eigenvalue weighted by Crippen LogP contribution is 2.33. The summed E-state index contributed by atoms with van der Waals surface area (Å²) in [5, 5.41) is 8.14. The van der Waals surface area contributed by atoms with E-state index >= 15 is 0 Å². The van der Waals surface area contributed by atoms with Gasteiger partial charge in [-0.1, -0.05) is 17.4 Å². The van der Waals surface area contributed by atoms with Crippen molar-refractivity contribution in [1.29, 1.82) is 0 Å². The van der Waals surface area contributed by atoms with E-state index in [-0.39, 0.29) is 17.6 Å². The van der Waals surface area contributed by atoms with Crippen LogP contribution in [0.5, 0.6) is 11.5 Å². The van der Waals surface area contributed by atoms with Gasteiger partial charge < -0.3 is 9.47 Å². The molecule has 1 aliphatic heterocycles. The van der Waals surface area contributed by atoms with Crippen LogP contribution in [-0.4, -0.2) is 26.1 Å². The van der Waals surface area contributed by atoms with E-state index in [0.29, 0.717) is 26.8 Å². The fraction of sp³-hybridized carbons (Fsp3) is 0.0588. The molecule has 0 bridgehead atoms. The van der Waals surface area contributed by atoms with E-state index in [4.69, 9.17) is 14.6 Å². The number of fused-ring (bicyclic) bond motifs is 2. The minimum atomic E-state index is -3.79. The van der Waals surface area contributed by atoms with Gasteiger partial charge in [0.05, 0.1) is 15.1 Å². The predicted molar refractivity (Wildman–Crippen MR) is 101 cm³/mol. The molecule has 0 spiro atoms. The maximum Gasteiger partial charge on any atom is 0.250 e. The van der Waals surface area contributed by atoms with Crippen LogP contribution in [-0.2, 0) is 14.8 Å². The van der Waals surface area contributed by atoms with Crippen LogP contribution in [0.3, 0.4) is 0 Å². The van der Waals surface area contributed by atoms with Crippen LogP contribution in [0.1, 0.15) is 5.56 Å². The lowest BCUT2D eigenvalue weighted by Gasteiger charge is -1.98. The molecule has 3 N–H and O–H groups in total. The molecule has 1 aliphatic rings. The van der Waals surface area contributed by atoms with Crippen molar-refractivity contribution in [3.05, 3.63) is 48.0 Å². The predicted octanol–water partition coefficient (Wildman–Crippen LogP) is 2.32. The lowest BCUT2D eigenvalue weighted by atomic mass is 10.2. The smallest absolute Gasteiger partial charge is 0.250 e. The van der Waals surface area contributed by atoms with Crippen molar-refractivity contribution in [2.45, 2.75) is 4.90 Å². The Labute approximate surface area is 158 Å². The molecule has 8 nitrogen and oxygen atoms in total. The number of amides is 1. The van der Waals surface area contributed by atoms with Crippen molar-refractivity contribution in [1.82, 2.24) is 4.98 Å². The molecule has 138 valence electrons. The van der Waals surface area contributed by atoms with Gasteiger partial charge in [-0.3, -0.25) is 10.1 Å². The Balaban J connectivity index is 1.49. The lowest BCUT2D eigenvalue weighted by Crippen LogP contribution is -2.11. The number of benzene rings is 2. The first-order valence-corrected chi connectivity index (χ1v) is 10.1. The second-order valence-electron chi connectivity index (χ2n) is 5.63. The molecule has 0 aliphatic carbocycles. The Morgan fingerprint density at radius 1 is 1.19 bits per heavy atom. The van der Waals surface area contributed by atoms with Crippen LogP contribution in [0.25, 0.3) is 16.3 Å². The maximum absolute atomic E-state index is 12.1. The highest BCUT2D eigenvalue weighted by atomic mass is 32.2. The van der Waals surface area contributed by atoms with E-state index in [9.17, 15) is 13.2 Å². The number of rotatable bonds is 4. The molecule has 1 aromatic heterocycles. The lowest BCUT2D eigenvalue weighted by molar-refractivity contribution is -0.111. The number of hydrogen-bond acceptors (Lipinski definition) is 7. The van der Waals surface area contributed by atoms with Crippen molar-refractivity contribution in [3.8, 4) is 11.5 Å². The van der Waals surface area contributed by atoms with Crippen molar-refractivity contribution in [3.63, 3.8) is 0 Å². The minimum Gasteiger partial charge on any atom is -0.454 e. The van der Waals surface area contributed by atoms with Crippen molar-refractivity contribution < 1.29 is 22.7 Å². The zero-order valence-electron chi connectivity index (χ0n) is 13.7. The Morgan fingerprint density at radius 3 is 2.81 bits per heavy atom. The summed E-state index contributed by atoms with van der Waals surface area (Å²) in [5.41, 5.74) is 1.36. The first-order chi connectivity index (χ1) is 12.9. The highest BCUT2D eigenvalue weighted by Gasteiger charge is 2.13. The van der Waals surface area contributed by atoms with Crippen LogP contribution >= 0.6 is 11.3 Å². The Bertz CT molecular complexity index is 1180. The van der Waals surface area contributed by atoms with Crippen molar-refractivity contribution >= 4 is 48.7 Å². The second kappa shape index (κ2) is 6.65. The van der Waals surface area contributed by atoms with Gasteiger partial charge in [0.25, 0.3) is 0 Å². The Hall–Kier alpha value is -2.95. The van der Waals surface area contributed by atoms with Gasteiger partial charge in [-0.25, -0.2) is 18.5 Å². The van der Waals surface area contributed by atoms with Crippen LogP contribution < -0.4 is 19.9 Å². The summed E-state index contributed by atoms with van der Waals surface area (Å²) in [4.78, 5) is 16.4. The molecule has 3 aromatic rings. The molecule has 0 saturated carbocycles. The van der Waals surface area contributed by atoms with E-state index in [1.807, 2.05) is 6.07 Å². The quantitative estimate of drug-likeness (QED) is 0.645. The second-order valence-corrected chi connectivity index (χ2v) is 8.22. The average Bonchev–Trinajstić information content (AvgIpc) is 3.23. The molecule has 2 aromatic carbocycles. The van der Waals surface area contributed by atoms with Crippen LogP contribution in [0.2, 0.25) is 0 Å². The number of sulfonamides is 1. The van der Waals surface area contributed by atoms with E-state index in [0.717, 1.165) is 16.9 Å². The van der Waals surface area contributed by atoms with Gasteiger partial charge in [0.2, 0.25) is 22.7 Å². The zero-order chi connectivity index (χ0) is 19.0. The third kappa shape index (κ3) is 3.77. The maximum atomic E-state index is 12.1. The SMILES string of the molecule is NS(=O)(=O)c1ccc2nc(NC(=O)C=Cc3ccc4c(c3)OCO4)sc2c1. The summed E-state index contributed by atoms with van der Waals surface area (Å²) in [6, 6.07) is 9.71. The molecule has 0 radical (unpaired) electrons. The van der Waals surface area contributed by atoms with Gasteiger partial charge in [0.1, 0.15) is 0 Å². The van der Waals surface area contributed by atoms with Crippen LogP contribution in [0.4, 0.5) is 5.13 Å². The molecule has 0 unspecified atom stereocenters. The number of nitrogens with two attached hydrogens (primary N) is 1. The van der Waals surface area contributed by atoms with E-state index in [1.165, 1.54) is 18.2 Å². The fourth-order valence-corrected chi connectivity index (χ4v) is 3.99. The number of ether oxygens (including phenoxy) is 2. The molecule has 2 heterocycles. The summed E-state index contributed by atoms with van der Waals surface area (Å²) < 4.78 is 34.0. The van der Waals surface area contributed by atoms with Crippen LogP contribution in [0, 0.1) is 0 Å². The van der Waals surface area contributed by atoms with E-state index in [2.05, 4.69) is 10.3 Å². The van der Waals surface area contributed by atoms with Crippen LogP contribution in [0.15, 0.2) is 47.4 Å². The standard InChI is InChI=1S/C17H13N3O5S2/c18-27(22,23)11-3-4-12-15(8-11)26-17(19-12)20-16(21)6-2-10-1-5-13-14(7-10)25-9-24-13/h1-8H,9H2,(H2,18,22,23)(H,19,20,21). The number of carbonyl (C=O) groups excluding carboxylic acids is 1. The first-order valence-electron chi connectivity index (χ1n) is 7.71. The number of thiazole rings is 1. The molecule has 1 amide bonds. The number of carbonyl (C=O) groups is 1. The van der Waals surface area contributed by atoms with Crippen molar-refractivity contribution in [2.24, 2.45) is 5.14 Å². The monoisotopic (exact) mass is 403 g/mol. The Morgan fingerprint density at radius 2 is 2.00 bits per heavy atom. The Kier molecular flexibility index (Phi) is 4.30. The van der Waals surface area contributed by atoms with E-state index in [1.54, 1.807) is 24.3 Å². The van der Waals surface area contributed by atoms with Gasteiger partial charge in [0.15, 0.2) is 16.6 Å². The number of anilines is 1. The summed E-state index contributed by atoms with van der Waals surface area (Å²) in [6.45, 7) is 0.188. The summed E-state index contributed by atoms with van der Waals surface area (Å²) in [7, 11) is -3.79. The number of hydrogen-bond donors (Lipinski definition) is 2. The molecule has 0 atom stereocenters. The fourth-order valence-electron chi connectivity index (χ4n) is 2.47. The average molecular weight is 403 g/mol. The largest absolute Gasteiger partial charge is 0.454 e. The van der Waals surface area contributed by atoms with Gasteiger partial charge >= 0.3 is 0 Å². The molecular formula is C17H13N3O5S2. The summed E-state index contributed by atoms with van der Waals surface area (Å²) >= 11 is 1.16. The van der Waals surface area contributed by atoms with Gasteiger partial charge in [0, 0.05) is 6.08 Å². The van der Waals surface area contributed by atoms with Gasteiger partial charge in [-0.05, 0) is 42.0 Å². The molecular weight excluding hydrogens is 390 g/mol. The minimum absolute atomic E-state index is 0.000713. The first kappa shape index (κ1) is 17.5. The normalized spacial score (nSPS) is 13.4. The highest BCUT2D eigenvalue weighted by molar-refractivity contribution is 7.89. The number of nitrogens with zero attached hydrogens (tertiary/aromatic N) is 1. The molecule has 0 saturated heterocycles. The van der Waals surface area contributed by atoms with Gasteiger partial charge in [-0.2, -0.15) is 0 Å². The molecule has 4 rings (SSSR count).